The zero-order valence-electron chi connectivity index (χ0n) is 12.0. The molecule has 1 heterocycles. The summed E-state index contributed by atoms with van der Waals surface area (Å²) < 4.78 is 1.21. The number of hydrogen-bond donors (Lipinski definition) is 1. The van der Waals surface area contributed by atoms with E-state index < -0.39 is 0 Å². The third-order valence-corrected chi connectivity index (χ3v) is 4.78. The van der Waals surface area contributed by atoms with E-state index in [0.29, 0.717) is 6.04 Å². The van der Waals surface area contributed by atoms with Crippen molar-refractivity contribution >= 4 is 21.6 Å². The summed E-state index contributed by atoms with van der Waals surface area (Å²) in [5.74, 6) is 0. The molecule has 0 aliphatic carbocycles. The summed E-state index contributed by atoms with van der Waals surface area (Å²) in [5, 5.41) is 0. The van der Waals surface area contributed by atoms with E-state index in [4.69, 9.17) is 5.73 Å². The van der Waals surface area contributed by atoms with Crippen LogP contribution in [-0.4, -0.2) is 18.6 Å². The van der Waals surface area contributed by atoms with Crippen molar-refractivity contribution in [3.05, 3.63) is 28.2 Å². The molecule has 0 saturated carbocycles. The van der Waals surface area contributed by atoms with Crippen molar-refractivity contribution in [1.29, 1.82) is 0 Å². The largest absolute Gasteiger partial charge is 0.368 e. The molecule has 1 aliphatic heterocycles. The summed E-state index contributed by atoms with van der Waals surface area (Å²) in [6.45, 7) is 5.64. The fourth-order valence-corrected chi connectivity index (χ4v) is 3.47. The van der Waals surface area contributed by atoms with Gasteiger partial charge in [0.05, 0.1) is 5.69 Å². The molecule has 2 rings (SSSR count). The van der Waals surface area contributed by atoms with Crippen molar-refractivity contribution in [1.82, 2.24) is 0 Å². The van der Waals surface area contributed by atoms with Crippen LogP contribution in [-0.2, 0) is 6.42 Å². The van der Waals surface area contributed by atoms with Crippen molar-refractivity contribution in [3.8, 4) is 0 Å². The van der Waals surface area contributed by atoms with E-state index in [-0.39, 0.29) is 6.04 Å². The van der Waals surface area contributed by atoms with Crippen molar-refractivity contribution < 1.29 is 0 Å². The average molecular weight is 325 g/mol. The lowest BCUT2D eigenvalue weighted by Crippen LogP contribution is -2.37. The van der Waals surface area contributed by atoms with E-state index in [1.807, 2.05) is 0 Å². The fraction of sp³-hybridized carbons (Fsp3) is 0.625. The first kappa shape index (κ1) is 14.9. The molecule has 2 nitrogen and oxygen atoms in total. The maximum absolute atomic E-state index is 6.03. The first-order chi connectivity index (χ1) is 9.11. The highest BCUT2D eigenvalue weighted by Gasteiger charge is 2.20. The van der Waals surface area contributed by atoms with Crippen LogP contribution in [0.15, 0.2) is 22.7 Å². The van der Waals surface area contributed by atoms with Crippen LogP contribution < -0.4 is 10.6 Å². The summed E-state index contributed by atoms with van der Waals surface area (Å²) in [7, 11) is 0. The van der Waals surface area contributed by atoms with Gasteiger partial charge in [-0.25, -0.2) is 0 Å². The molecule has 2 atom stereocenters. The monoisotopic (exact) mass is 324 g/mol. The van der Waals surface area contributed by atoms with Crippen molar-refractivity contribution in [3.63, 3.8) is 0 Å². The maximum atomic E-state index is 6.03. The Morgan fingerprint density at radius 1 is 1.42 bits per heavy atom. The predicted molar refractivity (Wildman–Crippen MR) is 86.8 cm³/mol. The molecule has 0 bridgehead atoms. The Balaban J connectivity index is 2.14. The Labute approximate surface area is 125 Å². The summed E-state index contributed by atoms with van der Waals surface area (Å²) in [4.78, 5) is 2.52. The molecular weight excluding hydrogens is 300 g/mol. The molecule has 106 valence electrons. The third-order valence-electron chi connectivity index (χ3n) is 4.15. The minimum Gasteiger partial charge on any atom is -0.368 e. The predicted octanol–water partition coefficient (Wildman–Crippen LogP) is 4.11. The molecule has 1 fully saturated rings. The number of nitrogens with zero attached hydrogens (tertiary/aromatic N) is 1. The molecule has 1 aromatic carbocycles. The van der Waals surface area contributed by atoms with Gasteiger partial charge >= 0.3 is 0 Å². The molecule has 0 radical (unpaired) electrons. The van der Waals surface area contributed by atoms with Gasteiger partial charge in [-0.1, -0.05) is 13.0 Å². The lowest BCUT2D eigenvalue weighted by molar-refractivity contribution is 0.484. The van der Waals surface area contributed by atoms with E-state index in [1.165, 1.54) is 41.5 Å². The Kier molecular flexibility index (Phi) is 5.28. The SMILES string of the molecule is CCC(N)Cc1ccc(N2CCCCC2C)c(Br)c1. The number of benzene rings is 1. The van der Waals surface area contributed by atoms with Crippen LogP contribution in [0.25, 0.3) is 0 Å². The second-order valence-corrected chi connectivity index (χ2v) is 6.55. The Morgan fingerprint density at radius 3 is 2.84 bits per heavy atom. The van der Waals surface area contributed by atoms with Crippen LogP contribution in [0.3, 0.4) is 0 Å². The van der Waals surface area contributed by atoms with Crippen molar-refractivity contribution in [2.75, 3.05) is 11.4 Å². The summed E-state index contributed by atoms with van der Waals surface area (Å²) in [6.07, 6.45) is 5.96. The average Bonchev–Trinajstić information content (AvgIpc) is 2.40. The van der Waals surface area contributed by atoms with Crippen LogP contribution in [0.1, 0.15) is 45.1 Å². The second-order valence-electron chi connectivity index (χ2n) is 5.70. The molecule has 0 aromatic heterocycles. The molecule has 3 heteroatoms. The Morgan fingerprint density at radius 2 is 2.21 bits per heavy atom. The standard InChI is InChI=1S/C16H25BrN2/c1-3-14(18)10-13-7-8-16(15(17)11-13)19-9-5-4-6-12(19)2/h7-8,11-12,14H,3-6,9-10,18H2,1-2H3. The highest BCUT2D eigenvalue weighted by molar-refractivity contribution is 9.10. The van der Waals surface area contributed by atoms with Gasteiger partial charge in [0, 0.05) is 23.1 Å². The van der Waals surface area contributed by atoms with E-state index in [0.717, 1.165) is 12.8 Å². The van der Waals surface area contributed by atoms with E-state index in [1.54, 1.807) is 0 Å². The first-order valence-electron chi connectivity index (χ1n) is 7.42. The number of hydrogen-bond acceptors (Lipinski definition) is 2. The van der Waals surface area contributed by atoms with Gasteiger partial charge in [-0.15, -0.1) is 0 Å². The van der Waals surface area contributed by atoms with Gasteiger partial charge in [0.1, 0.15) is 0 Å². The number of rotatable bonds is 4. The molecule has 1 aliphatic rings. The van der Waals surface area contributed by atoms with Crippen molar-refractivity contribution in [2.45, 2.75) is 58.0 Å². The Hall–Kier alpha value is -0.540. The minimum absolute atomic E-state index is 0.270. The van der Waals surface area contributed by atoms with Gasteiger partial charge in [-0.3, -0.25) is 0 Å². The maximum Gasteiger partial charge on any atom is 0.0513 e. The van der Waals surface area contributed by atoms with Gasteiger partial charge in [-0.2, -0.15) is 0 Å². The number of piperidine rings is 1. The normalized spacial score (nSPS) is 21.5. The first-order valence-corrected chi connectivity index (χ1v) is 8.21. The van der Waals surface area contributed by atoms with E-state index in [2.05, 4.69) is 52.9 Å². The van der Waals surface area contributed by atoms with Gasteiger partial charge in [0.2, 0.25) is 0 Å². The summed E-state index contributed by atoms with van der Waals surface area (Å²) in [5.41, 5.74) is 8.69. The lowest BCUT2D eigenvalue weighted by Gasteiger charge is -2.36. The third kappa shape index (κ3) is 3.73. The molecule has 2 N–H and O–H groups in total. The molecule has 19 heavy (non-hydrogen) atoms. The highest BCUT2D eigenvalue weighted by atomic mass is 79.9. The van der Waals surface area contributed by atoms with Gasteiger partial charge < -0.3 is 10.6 Å². The van der Waals surface area contributed by atoms with Gasteiger partial charge in [0.25, 0.3) is 0 Å². The molecule has 0 amide bonds. The number of anilines is 1. The van der Waals surface area contributed by atoms with Crippen LogP contribution in [0, 0.1) is 0 Å². The summed E-state index contributed by atoms with van der Waals surface area (Å²) in [6, 6.07) is 7.65. The lowest BCUT2D eigenvalue weighted by atomic mass is 10.0. The molecule has 1 aromatic rings. The zero-order valence-corrected chi connectivity index (χ0v) is 13.6. The van der Waals surface area contributed by atoms with Gasteiger partial charge in [-0.05, 0) is 72.7 Å². The van der Waals surface area contributed by atoms with Crippen LogP contribution in [0.5, 0.6) is 0 Å². The zero-order chi connectivity index (χ0) is 13.8. The van der Waals surface area contributed by atoms with E-state index in [9.17, 15) is 0 Å². The number of halogens is 1. The fourth-order valence-electron chi connectivity index (χ4n) is 2.81. The molecule has 1 saturated heterocycles. The molecule has 0 spiro atoms. The van der Waals surface area contributed by atoms with Crippen LogP contribution in [0.4, 0.5) is 5.69 Å². The minimum atomic E-state index is 0.270. The highest BCUT2D eigenvalue weighted by Crippen LogP contribution is 2.32. The quantitative estimate of drug-likeness (QED) is 0.903. The van der Waals surface area contributed by atoms with Crippen molar-refractivity contribution in [2.24, 2.45) is 5.73 Å². The summed E-state index contributed by atoms with van der Waals surface area (Å²) >= 11 is 3.74. The van der Waals surface area contributed by atoms with Crippen LogP contribution in [0.2, 0.25) is 0 Å². The van der Waals surface area contributed by atoms with Gasteiger partial charge in [0.15, 0.2) is 0 Å². The topological polar surface area (TPSA) is 29.3 Å². The number of nitrogens with two attached hydrogens (primary N) is 1. The molecular formula is C16H25BrN2. The smallest absolute Gasteiger partial charge is 0.0513 e. The van der Waals surface area contributed by atoms with Crippen LogP contribution >= 0.6 is 15.9 Å². The molecule has 2 unspecified atom stereocenters. The second kappa shape index (κ2) is 6.76. The van der Waals surface area contributed by atoms with E-state index >= 15 is 0 Å². The Bertz CT molecular complexity index is 419.